The summed E-state index contributed by atoms with van der Waals surface area (Å²) in [5.74, 6) is -0.780. The van der Waals surface area contributed by atoms with Gasteiger partial charge in [0.25, 0.3) is 0 Å². The molecular weight excluding hydrogens is 410 g/mol. The van der Waals surface area contributed by atoms with Crippen LogP contribution in [0.25, 0.3) is 10.9 Å². The van der Waals surface area contributed by atoms with Gasteiger partial charge in [-0.05, 0) is 55.0 Å². The maximum absolute atomic E-state index is 13.7. The normalized spacial score (nSPS) is 12.3. The Balaban J connectivity index is 1.93. The van der Waals surface area contributed by atoms with Gasteiger partial charge in [0, 0.05) is 45.9 Å². The summed E-state index contributed by atoms with van der Waals surface area (Å²) in [6, 6.07) is 15.3. The lowest BCUT2D eigenvalue weighted by atomic mass is 9.86. The van der Waals surface area contributed by atoms with E-state index in [1.165, 1.54) is 12.1 Å². The molecule has 0 bridgehead atoms. The fourth-order valence-corrected chi connectivity index (χ4v) is 4.13. The van der Waals surface area contributed by atoms with Gasteiger partial charge in [-0.15, -0.1) is 0 Å². The van der Waals surface area contributed by atoms with Crippen molar-refractivity contribution in [1.29, 1.82) is 0 Å². The number of phenols is 1. The molecule has 1 N–H and O–H groups in total. The molecule has 0 aliphatic heterocycles. The largest absolute Gasteiger partial charge is 0.505 e. The first-order valence-corrected chi connectivity index (χ1v) is 9.83. The number of aryl methyl sites for hydroxylation is 1. The third-order valence-electron chi connectivity index (χ3n) is 4.92. The van der Waals surface area contributed by atoms with Crippen LogP contribution < -0.4 is 0 Å². The monoisotopic (exact) mass is 426 g/mol. The molecule has 29 heavy (non-hydrogen) atoms. The van der Waals surface area contributed by atoms with Crippen LogP contribution in [0.5, 0.6) is 5.75 Å². The second-order valence-corrected chi connectivity index (χ2v) is 7.70. The molecule has 0 aliphatic carbocycles. The molecule has 3 nitrogen and oxygen atoms in total. The first kappa shape index (κ1) is 19.6. The minimum absolute atomic E-state index is 0.0306. The van der Waals surface area contributed by atoms with Crippen LogP contribution in [0.4, 0.5) is 4.39 Å². The molecular formula is C23H17Cl2FN2O. The Morgan fingerprint density at radius 2 is 1.83 bits per heavy atom. The number of phenolic OH excluding ortho intramolecular Hbond substituents is 1. The highest BCUT2D eigenvalue weighted by Gasteiger charge is 2.24. The van der Waals surface area contributed by atoms with E-state index >= 15 is 0 Å². The van der Waals surface area contributed by atoms with Crippen molar-refractivity contribution >= 4 is 34.1 Å². The second-order valence-electron chi connectivity index (χ2n) is 6.89. The predicted octanol–water partition coefficient (Wildman–Crippen LogP) is 6.46. The third kappa shape index (κ3) is 3.91. The van der Waals surface area contributed by atoms with Gasteiger partial charge < -0.3 is 5.11 Å². The molecule has 2 aromatic heterocycles. The van der Waals surface area contributed by atoms with Crippen molar-refractivity contribution in [2.24, 2.45) is 0 Å². The van der Waals surface area contributed by atoms with E-state index in [2.05, 4.69) is 9.97 Å². The van der Waals surface area contributed by atoms with Crippen LogP contribution in [0.2, 0.25) is 10.0 Å². The summed E-state index contributed by atoms with van der Waals surface area (Å²) < 4.78 is 13.7. The SMILES string of the molecule is Cc1cccc(CC(c2ccc(F)cc2Cl)c2cc(Cl)c3cccnc3c2O)n1. The number of hydrogen-bond acceptors (Lipinski definition) is 3. The predicted molar refractivity (Wildman–Crippen MR) is 114 cm³/mol. The van der Waals surface area contributed by atoms with Gasteiger partial charge in [0.15, 0.2) is 0 Å². The Morgan fingerprint density at radius 1 is 1.00 bits per heavy atom. The Morgan fingerprint density at radius 3 is 2.59 bits per heavy atom. The molecule has 4 aromatic rings. The number of hydrogen-bond donors (Lipinski definition) is 1. The minimum Gasteiger partial charge on any atom is -0.505 e. The van der Waals surface area contributed by atoms with Crippen molar-refractivity contribution in [2.45, 2.75) is 19.3 Å². The van der Waals surface area contributed by atoms with Gasteiger partial charge >= 0.3 is 0 Å². The van der Waals surface area contributed by atoms with Gasteiger partial charge in [-0.2, -0.15) is 0 Å². The number of benzene rings is 2. The molecule has 146 valence electrons. The Labute approximate surface area is 177 Å². The highest BCUT2D eigenvalue weighted by atomic mass is 35.5. The molecule has 0 radical (unpaired) electrons. The first-order valence-electron chi connectivity index (χ1n) is 9.07. The Kier molecular flexibility index (Phi) is 5.39. The lowest BCUT2D eigenvalue weighted by Crippen LogP contribution is -2.09. The maximum Gasteiger partial charge on any atom is 0.145 e. The molecule has 0 amide bonds. The van der Waals surface area contributed by atoms with E-state index in [0.717, 1.165) is 11.4 Å². The van der Waals surface area contributed by atoms with Crippen molar-refractivity contribution in [1.82, 2.24) is 9.97 Å². The topological polar surface area (TPSA) is 46.0 Å². The molecule has 2 heterocycles. The zero-order chi connectivity index (χ0) is 20.5. The highest BCUT2D eigenvalue weighted by Crippen LogP contribution is 2.42. The Bertz CT molecular complexity index is 1210. The summed E-state index contributed by atoms with van der Waals surface area (Å²) in [6.45, 7) is 1.91. The Hall–Kier alpha value is -2.69. The van der Waals surface area contributed by atoms with Gasteiger partial charge in [0.1, 0.15) is 17.1 Å². The smallest absolute Gasteiger partial charge is 0.145 e. The summed E-state index contributed by atoms with van der Waals surface area (Å²) in [7, 11) is 0. The van der Waals surface area contributed by atoms with Gasteiger partial charge in [-0.25, -0.2) is 4.39 Å². The fourth-order valence-electron chi connectivity index (χ4n) is 3.57. The quantitative estimate of drug-likeness (QED) is 0.406. The van der Waals surface area contributed by atoms with Crippen LogP contribution in [-0.2, 0) is 6.42 Å². The average Bonchev–Trinajstić information content (AvgIpc) is 2.70. The van der Waals surface area contributed by atoms with Crippen molar-refractivity contribution < 1.29 is 9.50 Å². The zero-order valence-electron chi connectivity index (χ0n) is 15.5. The van der Waals surface area contributed by atoms with Crippen LogP contribution in [0.1, 0.15) is 28.4 Å². The van der Waals surface area contributed by atoms with E-state index < -0.39 is 5.82 Å². The van der Waals surface area contributed by atoms with Crippen molar-refractivity contribution in [3.05, 3.63) is 99.2 Å². The molecule has 0 saturated heterocycles. The number of nitrogens with zero attached hydrogens (tertiary/aromatic N) is 2. The van der Waals surface area contributed by atoms with Crippen molar-refractivity contribution in [3.63, 3.8) is 0 Å². The van der Waals surface area contributed by atoms with E-state index in [9.17, 15) is 9.50 Å². The lowest BCUT2D eigenvalue weighted by molar-refractivity contribution is 0.469. The fraction of sp³-hybridized carbons (Fsp3) is 0.130. The summed E-state index contributed by atoms with van der Waals surface area (Å²) in [5, 5.41) is 12.4. The molecule has 1 atom stereocenters. The van der Waals surface area contributed by atoms with Gasteiger partial charge in [-0.3, -0.25) is 9.97 Å². The summed E-state index contributed by atoms with van der Waals surface area (Å²) in [4.78, 5) is 8.87. The summed E-state index contributed by atoms with van der Waals surface area (Å²) in [5.41, 5.74) is 3.37. The maximum atomic E-state index is 13.7. The molecule has 4 rings (SSSR count). The van der Waals surface area contributed by atoms with Gasteiger partial charge in [0.2, 0.25) is 0 Å². The molecule has 0 spiro atoms. The number of halogens is 3. The third-order valence-corrected chi connectivity index (χ3v) is 5.56. The zero-order valence-corrected chi connectivity index (χ0v) is 17.0. The van der Waals surface area contributed by atoms with E-state index in [4.69, 9.17) is 23.2 Å². The van der Waals surface area contributed by atoms with Crippen molar-refractivity contribution in [3.8, 4) is 5.75 Å². The average molecular weight is 427 g/mol. The highest BCUT2D eigenvalue weighted by molar-refractivity contribution is 6.35. The van der Waals surface area contributed by atoms with Crippen molar-refractivity contribution in [2.75, 3.05) is 0 Å². The van der Waals surface area contributed by atoms with E-state index in [1.807, 2.05) is 25.1 Å². The number of fused-ring (bicyclic) bond motifs is 1. The number of rotatable bonds is 4. The minimum atomic E-state index is -0.423. The van der Waals surface area contributed by atoms with Crippen LogP contribution in [0.3, 0.4) is 0 Å². The molecule has 2 aromatic carbocycles. The summed E-state index contributed by atoms with van der Waals surface area (Å²) in [6.07, 6.45) is 2.05. The number of aromatic nitrogens is 2. The molecule has 0 fully saturated rings. The molecule has 1 unspecified atom stereocenters. The molecule has 6 heteroatoms. The van der Waals surface area contributed by atoms with Crippen LogP contribution in [-0.4, -0.2) is 15.1 Å². The van der Waals surface area contributed by atoms with E-state index in [1.54, 1.807) is 30.5 Å². The molecule has 0 aliphatic rings. The lowest BCUT2D eigenvalue weighted by Gasteiger charge is -2.21. The molecule has 0 saturated carbocycles. The van der Waals surface area contributed by atoms with Crippen LogP contribution in [0.15, 0.2) is 60.8 Å². The second kappa shape index (κ2) is 7.97. The first-order chi connectivity index (χ1) is 13.9. The van der Waals surface area contributed by atoms with Crippen LogP contribution in [0, 0.1) is 12.7 Å². The van der Waals surface area contributed by atoms with E-state index in [0.29, 0.717) is 33.5 Å². The number of aromatic hydroxyl groups is 1. The van der Waals surface area contributed by atoms with Gasteiger partial charge in [-0.1, -0.05) is 35.3 Å². The summed E-state index contributed by atoms with van der Waals surface area (Å²) >= 11 is 12.9. The standard InChI is InChI=1S/C23H17Cl2FN2O/c1-13-4-2-5-15(28-13)11-18(16-8-7-14(26)10-20(16)24)19-12-21(25)17-6-3-9-27-22(17)23(19)29/h2-10,12,18,29H,11H2,1H3. The van der Waals surface area contributed by atoms with Crippen LogP contribution >= 0.6 is 23.2 Å². The van der Waals surface area contributed by atoms with E-state index in [-0.39, 0.29) is 16.7 Å². The number of pyridine rings is 2. The van der Waals surface area contributed by atoms with Gasteiger partial charge in [0.05, 0.1) is 5.02 Å².